The molecule has 0 amide bonds. The van der Waals surface area contributed by atoms with Crippen molar-refractivity contribution in [2.45, 2.75) is 26.7 Å². The van der Waals surface area contributed by atoms with Gasteiger partial charge in [-0.15, -0.1) is 0 Å². The molecule has 0 atom stereocenters. The van der Waals surface area contributed by atoms with Crippen LogP contribution in [0.5, 0.6) is 0 Å². The first-order valence-corrected chi connectivity index (χ1v) is 3.15. The Morgan fingerprint density at radius 1 is 1.22 bits per heavy atom. The van der Waals surface area contributed by atoms with Gasteiger partial charge in [0.15, 0.2) is 0 Å². The molecule has 55 valence electrons. The Balaban J connectivity index is 3.43. The molecule has 0 aliphatic carbocycles. The van der Waals surface area contributed by atoms with Crippen LogP contribution >= 0.6 is 0 Å². The van der Waals surface area contributed by atoms with E-state index in [1.54, 1.807) is 6.92 Å². The van der Waals surface area contributed by atoms with Gasteiger partial charge in [-0.05, 0) is 13.8 Å². The molecule has 0 heterocycles. The molecule has 0 saturated carbocycles. The zero-order valence-corrected chi connectivity index (χ0v) is 6.23. The fourth-order valence-electron chi connectivity index (χ4n) is 0.593. The van der Waals surface area contributed by atoms with E-state index in [0.29, 0.717) is 13.2 Å². The second-order valence-corrected chi connectivity index (χ2v) is 1.81. The summed E-state index contributed by atoms with van der Waals surface area (Å²) in [5.41, 5.74) is 7.28. The second-order valence-electron chi connectivity index (χ2n) is 1.81. The number of hydrogen-bond donors (Lipinski definition) is 0. The summed E-state index contributed by atoms with van der Waals surface area (Å²) in [5.74, 6) is -1.15. The third kappa shape index (κ3) is 4.39. The summed E-state index contributed by atoms with van der Waals surface area (Å²) in [5, 5.41) is 0. The van der Waals surface area contributed by atoms with Crippen LogP contribution in [0.2, 0.25) is 0 Å². The smallest absolute Gasteiger partial charge is 0.237 e. The number of ether oxygens (including phenoxy) is 2. The molecular weight excluding hydrogens is 118 g/mol. The topological polar surface area (TPSA) is 42.3 Å². The van der Waals surface area contributed by atoms with Gasteiger partial charge in [-0.1, -0.05) is 0 Å². The zero-order chi connectivity index (χ0) is 7.33. The van der Waals surface area contributed by atoms with Gasteiger partial charge in [-0.25, -0.2) is 0 Å². The molecule has 0 aromatic rings. The second kappa shape index (κ2) is 3.82. The third-order valence-electron chi connectivity index (χ3n) is 0.840. The van der Waals surface area contributed by atoms with E-state index in [1.807, 2.05) is 13.8 Å². The maximum atomic E-state index is 7.28. The third-order valence-corrected chi connectivity index (χ3v) is 0.840. The van der Waals surface area contributed by atoms with E-state index in [2.05, 4.69) is 0 Å². The summed E-state index contributed by atoms with van der Waals surface area (Å²) < 4.78 is 9.83. The van der Waals surface area contributed by atoms with Crippen LogP contribution in [0.4, 0.5) is 0 Å². The van der Waals surface area contributed by atoms with Gasteiger partial charge in [0.1, 0.15) is 0 Å². The van der Waals surface area contributed by atoms with Crippen LogP contribution in [-0.4, -0.2) is 19.1 Å². The molecule has 0 saturated heterocycles. The molecule has 0 rings (SSSR count). The molecular formula is C6H14NO2. The van der Waals surface area contributed by atoms with Crippen molar-refractivity contribution in [1.29, 1.82) is 0 Å². The van der Waals surface area contributed by atoms with Crippen LogP contribution in [0.15, 0.2) is 0 Å². The first-order chi connectivity index (χ1) is 4.12. The van der Waals surface area contributed by atoms with Gasteiger partial charge >= 0.3 is 0 Å². The molecule has 3 heteroatoms. The summed E-state index contributed by atoms with van der Waals surface area (Å²) in [6.07, 6.45) is 0. The molecule has 0 unspecified atom stereocenters. The lowest BCUT2D eigenvalue weighted by molar-refractivity contribution is -0.222. The Morgan fingerprint density at radius 3 is 1.78 bits per heavy atom. The minimum absolute atomic E-state index is 0.514. The van der Waals surface area contributed by atoms with Crippen molar-refractivity contribution in [1.82, 2.24) is 5.73 Å². The Bertz CT molecular complexity index is 65.5. The van der Waals surface area contributed by atoms with Crippen molar-refractivity contribution >= 4 is 0 Å². The quantitative estimate of drug-likeness (QED) is 0.536. The average molecular weight is 132 g/mol. The molecule has 0 aliphatic heterocycles. The fourth-order valence-corrected chi connectivity index (χ4v) is 0.593. The van der Waals surface area contributed by atoms with Crippen molar-refractivity contribution in [2.24, 2.45) is 0 Å². The molecule has 0 aliphatic rings. The first kappa shape index (κ1) is 8.88. The van der Waals surface area contributed by atoms with Crippen molar-refractivity contribution in [2.75, 3.05) is 13.2 Å². The summed E-state index contributed by atoms with van der Waals surface area (Å²) in [6, 6.07) is 0. The highest BCUT2D eigenvalue weighted by Crippen LogP contribution is 2.04. The van der Waals surface area contributed by atoms with Crippen LogP contribution in [0, 0.1) is 0 Å². The lowest BCUT2D eigenvalue weighted by Crippen LogP contribution is -2.33. The number of hydrogen-bond acceptors (Lipinski definition) is 2. The summed E-state index contributed by atoms with van der Waals surface area (Å²) >= 11 is 0. The Labute approximate surface area is 56.1 Å². The minimum Gasteiger partial charge on any atom is -0.337 e. The van der Waals surface area contributed by atoms with Gasteiger partial charge in [0.2, 0.25) is 5.91 Å². The molecule has 3 nitrogen and oxygen atoms in total. The van der Waals surface area contributed by atoms with Gasteiger partial charge in [0, 0.05) is 20.1 Å². The lowest BCUT2D eigenvalue weighted by atomic mass is 10.6. The van der Waals surface area contributed by atoms with Crippen LogP contribution in [0.3, 0.4) is 0 Å². The molecule has 0 aromatic carbocycles. The van der Waals surface area contributed by atoms with E-state index < -0.39 is 5.91 Å². The van der Waals surface area contributed by atoms with Crippen LogP contribution in [0.25, 0.3) is 0 Å². The van der Waals surface area contributed by atoms with Gasteiger partial charge < -0.3 is 9.47 Å². The average Bonchev–Trinajstić information content (AvgIpc) is 1.64. The first-order valence-electron chi connectivity index (χ1n) is 3.15. The predicted molar refractivity (Wildman–Crippen MR) is 34.8 cm³/mol. The lowest BCUT2D eigenvalue weighted by Gasteiger charge is -2.22. The van der Waals surface area contributed by atoms with Gasteiger partial charge in [-0.3, -0.25) is 0 Å². The molecule has 1 N–H and O–H groups in total. The zero-order valence-electron chi connectivity index (χ0n) is 6.23. The molecule has 0 bridgehead atoms. The molecule has 9 heavy (non-hydrogen) atoms. The molecule has 1 radical (unpaired) electrons. The highest BCUT2D eigenvalue weighted by atomic mass is 16.7. The fraction of sp³-hybridized carbons (Fsp3) is 1.00. The van der Waals surface area contributed by atoms with Crippen molar-refractivity contribution in [3.63, 3.8) is 0 Å². The van der Waals surface area contributed by atoms with E-state index in [1.165, 1.54) is 0 Å². The maximum Gasteiger partial charge on any atom is 0.237 e. The van der Waals surface area contributed by atoms with Crippen LogP contribution in [0.1, 0.15) is 20.8 Å². The van der Waals surface area contributed by atoms with Crippen molar-refractivity contribution in [3.8, 4) is 0 Å². The van der Waals surface area contributed by atoms with E-state index >= 15 is 0 Å². The monoisotopic (exact) mass is 132 g/mol. The predicted octanol–water partition coefficient (Wildman–Crippen LogP) is 1.02. The highest BCUT2D eigenvalue weighted by Gasteiger charge is 2.17. The van der Waals surface area contributed by atoms with E-state index in [4.69, 9.17) is 15.2 Å². The standard InChI is InChI=1S/C6H14NO2/c1-4-8-6(3,7)9-5-2/h7H,4-5H2,1-3H3. The number of rotatable bonds is 4. The Kier molecular flexibility index (Phi) is 3.77. The van der Waals surface area contributed by atoms with E-state index in [-0.39, 0.29) is 0 Å². The Morgan fingerprint density at radius 2 is 1.56 bits per heavy atom. The summed E-state index contributed by atoms with van der Waals surface area (Å²) in [7, 11) is 0. The van der Waals surface area contributed by atoms with E-state index in [0.717, 1.165) is 0 Å². The molecule has 0 aromatic heterocycles. The van der Waals surface area contributed by atoms with Crippen molar-refractivity contribution < 1.29 is 9.47 Å². The largest absolute Gasteiger partial charge is 0.337 e. The van der Waals surface area contributed by atoms with Gasteiger partial charge in [0.25, 0.3) is 0 Å². The Hall–Kier alpha value is -0.120. The van der Waals surface area contributed by atoms with Crippen LogP contribution < -0.4 is 5.73 Å². The highest BCUT2D eigenvalue weighted by molar-refractivity contribution is 4.46. The molecule has 0 fully saturated rings. The SMILES string of the molecule is CCOC(C)([NH])OCC. The summed E-state index contributed by atoms with van der Waals surface area (Å²) in [6.45, 7) is 6.29. The minimum atomic E-state index is -1.15. The normalized spacial score (nSPS) is 12.0. The van der Waals surface area contributed by atoms with Gasteiger partial charge in [0.05, 0.1) is 0 Å². The molecule has 0 spiro atoms. The number of nitrogens with one attached hydrogen (secondary N) is 1. The van der Waals surface area contributed by atoms with Crippen molar-refractivity contribution in [3.05, 3.63) is 0 Å². The van der Waals surface area contributed by atoms with E-state index in [9.17, 15) is 0 Å². The van der Waals surface area contributed by atoms with Gasteiger partial charge in [-0.2, -0.15) is 5.73 Å². The maximum absolute atomic E-state index is 7.28. The van der Waals surface area contributed by atoms with Crippen LogP contribution in [-0.2, 0) is 9.47 Å². The summed E-state index contributed by atoms with van der Waals surface area (Å²) in [4.78, 5) is 0.